The van der Waals surface area contributed by atoms with Crippen LogP contribution in [0, 0.1) is 5.41 Å². The van der Waals surface area contributed by atoms with E-state index < -0.39 is 17.3 Å². The van der Waals surface area contributed by atoms with E-state index >= 15 is 0 Å². The van der Waals surface area contributed by atoms with E-state index in [4.69, 9.17) is 4.74 Å². The zero-order chi connectivity index (χ0) is 19.4. The molecule has 0 aliphatic heterocycles. The number of carbonyl (C=O) groups excluding carboxylic acids is 3. The van der Waals surface area contributed by atoms with Crippen LogP contribution in [0.3, 0.4) is 0 Å². The van der Waals surface area contributed by atoms with Gasteiger partial charge in [-0.1, -0.05) is 12.1 Å². The lowest BCUT2D eigenvalue weighted by Crippen LogP contribution is -2.35. The van der Waals surface area contributed by atoms with Crippen LogP contribution in [0.1, 0.15) is 23.2 Å². The number of anilines is 2. The normalized spacial score (nSPS) is 14.0. The van der Waals surface area contributed by atoms with Gasteiger partial charge in [-0.05, 0) is 43.2 Å². The van der Waals surface area contributed by atoms with Crippen molar-refractivity contribution in [3.05, 3.63) is 54.1 Å². The van der Waals surface area contributed by atoms with E-state index in [0.29, 0.717) is 35.5 Å². The van der Waals surface area contributed by atoms with Crippen molar-refractivity contribution in [1.82, 2.24) is 0 Å². The summed E-state index contributed by atoms with van der Waals surface area (Å²) < 4.78 is 9.81. The molecule has 1 aliphatic rings. The highest BCUT2D eigenvalue weighted by molar-refractivity contribution is 6.17. The molecule has 0 spiro atoms. The van der Waals surface area contributed by atoms with Gasteiger partial charge in [0.25, 0.3) is 0 Å². The molecule has 27 heavy (non-hydrogen) atoms. The minimum atomic E-state index is -1.11. The number of benzene rings is 2. The van der Waals surface area contributed by atoms with Gasteiger partial charge in [0.1, 0.15) is 11.2 Å². The predicted molar refractivity (Wildman–Crippen MR) is 99.7 cm³/mol. The summed E-state index contributed by atoms with van der Waals surface area (Å²) in [7, 11) is 2.83. The van der Waals surface area contributed by atoms with Gasteiger partial charge in [-0.2, -0.15) is 0 Å². The van der Waals surface area contributed by atoms with E-state index in [-0.39, 0.29) is 5.91 Å². The summed E-state index contributed by atoms with van der Waals surface area (Å²) in [4.78, 5) is 37.0. The minimum absolute atomic E-state index is 0.320. The van der Waals surface area contributed by atoms with Crippen LogP contribution in [0.25, 0.3) is 0 Å². The second-order valence-electron chi connectivity index (χ2n) is 6.29. The average molecular weight is 368 g/mol. The Kier molecular flexibility index (Phi) is 5.12. The minimum Gasteiger partial charge on any atom is -0.497 e. The molecule has 0 heterocycles. The number of hydrogen-bond acceptors (Lipinski definition) is 5. The lowest BCUT2D eigenvalue weighted by atomic mass is 10.0. The highest BCUT2D eigenvalue weighted by Gasteiger charge is 2.56. The molecule has 0 atom stereocenters. The van der Waals surface area contributed by atoms with Crippen molar-refractivity contribution in [2.24, 2.45) is 5.41 Å². The maximum atomic E-state index is 12.7. The van der Waals surface area contributed by atoms with Crippen molar-refractivity contribution >= 4 is 29.2 Å². The fraction of sp³-hybridized carbons (Fsp3) is 0.250. The molecule has 0 radical (unpaired) electrons. The molecule has 1 fully saturated rings. The molecule has 140 valence electrons. The van der Waals surface area contributed by atoms with Crippen molar-refractivity contribution in [1.29, 1.82) is 0 Å². The SMILES string of the molecule is COC(=O)c1cccc(NC(=O)C2(C(=O)Nc3cccc(OC)c3)CC2)c1. The Labute approximate surface area is 156 Å². The maximum absolute atomic E-state index is 12.7. The maximum Gasteiger partial charge on any atom is 0.337 e. The van der Waals surface area contributed by atoms with Gasteiger partial charge < -0.3 is 20.1 Å². The molecular formula is C20H20N2O5. The summed E-state index contributed by atoms with van der Waals surface area (Å²) >= 11 is 0. The van der Waals surface area contributed by atoms with E-state index in [2.05, 4.69) is 15.4 Å². The molecule has 1 aliphatic carbocycles. The van der Waals surface area contributed by atoms with Gasteiger partial charge in [0.2, 0.25) is 11.8 Å². The molecule has 0 unspecified atom stereocenters. The smallest absolute Gasteiger partial charge is 0.337 e. The van der Waals surface area contributed by atoms with Crippen LogP contribution >= 0.6 is 0 Å². The number of esters is 1. The Balaban J connectivity index is 1.70. The third-order valence-electron chi connectivity index (χ3n) is 4.49. The number of rotatable bonds is 6. The highest BCUT2D eigenvalue weighted by Crippen LogP contribution is 2.47. The van der Waals surface area contributed by atoms with Gasteiger partial charge in [0, 0.05) is 17.4 Å². The molecule has 0 aromatic heterocycles. The first-order valence-electron chi connectivity index (χ1n) is 8.44. The fourth-order valence-electron chi connectivity index (χ4n) is 2.73. The number of methoxy groups -OCH3 is 2. The third kappa shape index (κ3) is 3.92. The second kappa shape index (κ2) is 7.49. The predicted octanol–water partition coefficient (Wildman–Crippen LogP) is 2.84. The van der Waals surface area contributed by atoms with Crippen LogP contribution in [-0.2, 0) is 14.3 Å². The topological polar surface area (TPSA) is 93.7 Å². The molecule has 7 heteroatoms. The molecule has 2 amide bonds. The molecule has 3 rings (SSSR count). The molecule has 2 aromatic rings. The number of carbonyl (C=O) groups is 3. The lowest BCUT2D eigenvalue weighted by Gasteiger charge is -2.16. The van der Waals surface area contributed by atoms with Crippen molar-refractivity contribution in [3.8, 4) is 5.75 Å². The lowest BCUT2D eigenvalue weighted by molar-refractivity contribution is -0.131. The summed E-state index contributed by atoms with van der Waals surface area (Å²) in [5.41, 5.74) is 0.208. The van der Waals surface area contributed by atoms with Crippen molar-refractivity contribution in [2.45, 2.75) is 12.8 Å². The summed E-state index contributed by atoms with van der Waals surface area (Å²) in [6, 6.07) is 13.3. The van der Waals surface area contributed by atoms with Crippen LogP contribution in [0.15, 0.2) is 48.5 Å². The molecule has 0 bridgehead atoms. The zero-order valence-electron chi connectivity index (χ0n) is 15.1. The van der Waals surface area contributed by atoms with E-state index in [1.54, 1.807) is 49.6 Å². The number of amides is 2. The van der Waals surface area contributed by atoms with Gasteiger partial charge in [0.05, 0.1) is 19.8 Å². The Bertz CT molecular complexity index is 889. The van der Waals surface area contributed by atoms with Gasteiger partial charge in [-0.25, -0.2) is 4.79 Å². The standard InChI is InChI=1S/C20H20N2O5/c1-26-16-8-4-7-15(12-16)22-19(25)20(9-10-20)18(24)21-14-6-3-5-13(11-14)17(23)27-2/h3-8,11-12H,9-10H2,1-2H3,(H,21,24)(H,22,25). The zero-order valence-corrected chi connectivity index (χ0v) is 15.1. The second-order valence-corrected chi connectivity index (χ2v) is 6.29. The highest BCUT2D eigenvalue weighted by atomic mass is 16.5. The average Bonchev–Trinajstić information content (AvgIpc) is 3.50. The Hall–Kier alpha value is -3.35. The number of nitrogens with one attached hydrogen (secondary N) is 2. The van der Waals surface area contributed by atoms with Gasteiger partial charge in [0.15, 0.2) is 0 Å². The third-order valence-corrected chi connectivity index (χ3v) is 4.49. The first-order valence-corrected chi connectivity index (χ1v) is 8.44. The monoisotopic (exact) mass is 368 g/mol. The van der Waals surface area contributed by atoms with Crippen LogP contribution in [-0.4, -0.2) is 32.0 Å². The van der Waals surface area contributed by atoms with E-state index in [1.807, 2.05) is 0 Å². The summed E-state index contributed by atoms with van der Waals surface area (Å²) in [5.74, 6) is -0.646. The Morgan fingerprint density at radius 1 is 0.889 bits per heavy atom. The molecular weight excluding hydrogens is 348 g/mol. The number of hydrogen-bond donors (Lipinski definition) is 2. The number of ether oxygens (including phenoxy) is 2. The quantitative estimate of drug-likeness (QED) is 0.604. The van der Waals surface area contributed by atoms with Gasteiger partial charge in [-0.15, -0.1) is 0 Å². The molecule has 7 nitrogen and oxygen atoms in total. The fourth-order valence-corrected chi connectivity index (χ4v) is 2.73. The first kappa shape index (κ1) is 18.4. The summed E-state index contributed by atoms with van der Waals surface area (Å²) in [5, 5.41) is 5.49. The van der Waals surface area contributed by atoms with Crippen LogP contribution < -0.4 is 15.4 Å². The summed E-state index contributed by atoms with van der Waals surface area (Å²) in [6.45, 7) is 0. The van der Waals surface area contributed by atoms with Crippen molar-refractivity contribution in [3.63, 3.8) is 0 Å². The van der Waals surface area contributed by atoms with E-state index in [9.17, 15) is 14.4 Å². The Morgan fingerprint density at radius 2 is 1.48 bits per heavy atom. The van der Waals surface area contributed by atoms with E-state index in [1.165, 1.54) is 13.2 Å². The van der Waals surface area contributed by atoms with Crippen LogP contribution in [0.5, 0.6) is 5.75 Å². The Morgan fingerprint density at radius 3 is 2.04 bits per heavy atom. The largest absolute Gasteiger partial charge is 0.497 e. The van der Waals surface area contributed by atoms with Crippen molar-refractivity contribution < 1.29 is 23.9 Å². The summed E-state index contributed by atoms with van der Waals surface area (Å²) in [6.07, 6.45) is 0.927. The van der Waals surface area contributed by atoms with E-state index in [0.717, 1.165) is 0 Å². The molecule has 1 saturated carbocycles. The van der Waals surface area contributed by atoms with Crippen LogP contribution in [0.4, 0.5) is 11.4 Å². The molecule has 2 aromatic carbocycles. The van der Waals surface area contributed by atoms with Gasteiger partial charge >= 0.3 is 5.97 Å². The van der Waals surface area contributed by atoms with Gasteiger partial charge in [-0.3, -0.25) is 9.59 Å². The first-order chi connectivity index (χ1) is 13.0. The van der Waals surface area contributed by atoms with Crippen LogP contribution in [0.2, 0.25) is 0 Å². The molecule has 2 N–H and O–H groups in total. The van der Waals surface area contributed by atoms with Crippen molar-refractivity contribution in [2.75, 3.05) is 24.9 Å². The molecule has 0 saturated heterocycles.